The van der Waals surface area contributed by atoms with Crippen LogP contribution in [0.15, 0.2) is 39.6 Å². The second-order valence-electron chi connectivity index (χ2n) is 5.40. The van der Waals surface area contributed by atoms with Crippen LogP contribution in [0.25, 0.3) is 28.4 Å². The van der Waals surface area contributed by atoms with E-state index in [4.69, 9.17) is 16.1 Å². The van der Waals surface area contributed by atoms with E-state index >= 15 is 0 Å². The minimum absolute atomic E-state index is 0.226. The van der Waals surface area contributed by atoms with Gasteiger partial charge in [0.25, 0.3) is 11.4 Å². The fraction of sp³-hybridized carbons (Fsp3) is 0.125. The number of nitrogens with one attached hydrogen (secondary N) is 1. The lowest BCUT2D eigenvalue weighted by Crippen LogP contribution is -2.14. The van der Waals surface area contributed by atoms with Crippen LogP contribution in [0.2, 0.25) is 5.02 Å². The second-order valence-corrected chi connectivity index (χ2v) is 5.84. The van der Waals surface area contributed by atoms with Crippen molar-refractivity contribution >= 4 is 17.2 Å². The van der Waals surface area contributed by atoms with E-state index in [-0.39, 0.29) is 5.56 Å². The smallest absolute Gasteiger partial charge is 0.273 e. The van der Waals surface area contributed by atoms with Gasteiger partial charge < -0.3 is 4.52 Å². The van der Waals surface area contributed by atoms with Crippen LogP contribution < -0.4 is 5.56 Å². The molecule has 120 valence electrons. The lowest BCUT2D eigenvalue weighted by Gasteiger charge is -2.02. The molecule has 3 heterocycles. The molecule has 1 aromatic carbocycles. The fourth-order valence-corrected chi connectivity index (χ4v) is 2.70. The van der Waals surface area contributed by atoms with Crippen molar-refractivity contribution in [2.75, 3.05) is 0 Å². The Kier molecular flexibility index (Phi) is 3.24. The Morgan fingerprint density at radius 3 is 2.58 bits per heavy atom. The van der Waals surface area contributed by atoms with Gasteiger partial charge in [-0.3, -0.25) is 9.89 Å². The summed E-state index contributed by atoms with van der Waals surface area (Å²) in [6.45, 7) is 3.56. The Balaban J connectivity index is 2.00. The van der Waals surface area contributed by atoms with Crippen LogP contribution in [-0.2, 0) is 0 Å². The number of H-pyrrole nitrogens is 1. The van der Waals surface area contributed by atoms with Crippen LogP contribution in [0.3, 0.4) is 0 Å². The van der Waals surface area contributed by atoms with Crippen LogP contribution in [-0.4, -0.2) is 24.7 Å². The van der Waals surface area contributed by atoms with E-state index in [9.17, 15) is 4.79 Å². The van der Waals surface area contributed by atoms with Gasteiger partial charge in [0, 0.05) is 22.3 Å². The van der Waals surface area contributed by atoms with E-state index < -0.39 is 0 Å². The molecule has 4 aromatic rings. The SMILES string of the molecule is Cc1noc(-c2c(C)[nH]n3c(=O)cc(-c4ccc(Cl)cc4)nc23)n1. The molecular formula is C16H12ClN5O2. The zero-order valence-corrected chi connectivity index (χ0v) is 13.6. The number of hydrogen-bond donors (Lipinski definition) is 1. The lowest BCUT2D eigenvalue weighted by molar-refractivity contribution is 0.425. The number of halogens is 1. The second kappa shape index (κ2) is 5.31. The van der Waals surface area contributed by atoms with Gasteiger partial charge in [-0.2, -0.15) is 4.98 Å². The third kappa shape index (κ3) is 2.30. The zero-order valence-electron chi connectivity index (χ0n) is 12.9. The molecule has 4 rings (SSSR count). The highest BCUT2D eigenvalue weighted by molar-refractivity contribution is 6.30. The summed E-state index contributed by atoms with van der Waals surface area (Å²) in [5, 5.41) is 7.41. The maximum atomic E-state index is 12.4. The molecule has 0 aliphatic carbocycles. The fourth-order valence-electron chi connectivity index (χ4n) is 2.57. The first-order valence-corrected chi connectivity index (χ1v) is 7.60. The summed E-state index contributed by atoms with van der Waals surface area (Å²) in [7, 11) is 0. The summed E-state index contributed by atoms with van der Waals surface area (Å²) in [4.78, 5) is 21.3. The first-order chi connectivity index (χ1) is 11.5. The van der Waals surface area contributed by atoms with Crippen LogP contribution in [0.1, 0.15) is 11.5 Å². The molecule has 0 saturated heterocycles. The number of benzene rings is 1. The topological polar surface area (TPSA) is 89.1 Å². The van der Waals surface area contributed by atoms with Crippen molar-refractivity contribution in [1.29, 1.82) is 0 Å². The Labute approximate surface area is 140 Å². The van der Waals surface area contributed by atoms with Gasteiger partial charge in [0.1, 0.15) is 5.56 Å². The molecular weight excluding hydrogens is 330 g/mol. The molecule has 0 amide bonds. The summed E-state index contributed by atoms with van der Waals surface area (Å²) in [5.41, 5.74) is 2.89. The van der Waals surface area contributed by atoms with Gasteiger partial charge in [-0.1, -0.05) is 28.9 Å². The minimum Gasteiger partial charge on any atom is -0.334 e. The molecule has 3 aromatic heterocycles. The summed E-state index contributed by atoms with van der Waals surface area (Å²) in [6.07, 6.45) is 0. The average molecular weight is 342 g/mol. The first-order valence-electron chi connectivity index (χ1n) is 7.22. The Morgan fingerprint density at radius 1 is 1.17 bits per heavy atom. The maximum absolute atomic E-state index is 12.4. The van der Waals surface area contributed by atoms with Gasteiger partial charge in [-0.25, -0.2) is 9.50 Å². The Morgan fingerprint density at radius 2 is 1.92 bits per heavy atom. The number of fused-ring (bicyclic) bond motifs is 1. The molecule has 0 bridgehead atoms. The number of aryl methyl sites for hydroxylation is 2. The molecule has 0 aliphatic heterocycles. The van der Waals surface area contributed by atoms with Crippen LogP contribution in [0.5, 0.6) is 0 Å². The van der Waals surface area contributed by atoms with Gasteiger partial charge in [0.2, 0.25) is 0 Å². The predicted molar refractivity (Wildman–Crippen MR) is 89.0 cm³/mol. The van der Waals surface area contributed by atoms with Crippen molar-refractivity contribution in [2.24, 2.45) is 0 Å². The molecule has 0 aliphatic rings. The van der Waals surface area contributed by atoms with Gasteiger partial charge >= 0.3 is 0 Å². The van der Waals surface area contributed by atoms with Crippen molar-refractivity contribution in [3.05, 3.63) is 57.2 Å². The van der Waals surface area contributed by atoms with Gasteiger partial charge in [-0.05, 0) is 26.0 Å². The standard InChI is InChI=1S/C16H12ClN5O2/c1-8-14(16-18-9(2)21-24-16)15-19-12(7-13(23)22(15)20-8)10-3-5-11(17)6-4-10/h3-7,20H,1-2H3. The average Bonchev–Trinajstić information content (AvgIpc) is 3.11. The quantitative estimate of drug-likeness (QED) is 0.605. The number of aromatic amines is 1. The highest BCUT2D eigenvalue weighted by atomic mass is 35.5. The van der Waals surface area contributed by atoms with Crippen LogP contribution in [0, 0.1) is 13.8 Å². The molecule has 0 saturated carbocycles. The van der Waals surface area contributed by atoms with E-state index in [1.165, 1.54) is 10.6 Å². The van der Waals surface area contributed by atoms with Crippen molar-refractivity contribution in [3.8, 4) is 22.7 Å². The number of aromatic nitrogens is 5. The van der Waals surface area contributed by atoms with Crippen molar-refractivity contribution in [1.82, 2.24) is 24.7 Å². The molecule has 8 heteroatoms. The van der Waals surface area contributed by atoms with E-state index in [1.807, 2.05) is 19.1 Å². The van der Waals surface area contributed by atoms with Crippen molar-refractivity contribution < 1.29 is 4.52 Å². The third-order valence-electron chi connectivity index (χ3n) is 3.68. The van der Waals surface area contributed by atoms with Crippen molar-refractivity contribution in [2.45, 2.75) is 13.8 Å². The van der Waals surface area contributed by atoms with E-state index in [0.717, 1.165) is 11.3 Å². The highest BCUT2D eigenvalue weighted by Gasteiger charge is 2.19. The molecule has 1 N–H and O–H groups in total. The van der Waals surface area contributed by atoms with E-state index in [0.29, 0.717) is 33.6 Å². The molecule has 24 heavy (non-hydrogen) atoms. The Bertz CT molecular complexity index is 1110. The van der Waals surface area contributed by atoms with E-state index in [2.05, 4.69) is 20.2 Å². The number of nitrogens with zero attached hydrogens (tertiary/aromatic N) is 4. The third-order valence-corrected chi connectivity index (χ3v) is 3.93. The monoisotopic (exact) mass is 341 g/mol. The highest BCUT2D eigenvalue weighted by Crippen LogP contribution is 2.26. The molecule has 0 fully saturated rings. The molecule has 0 spiro atoms. The zero-order chi connectivity index (χ0) is 16.8. The Hall–Kier alpha value is -2.93. The first kappa shape index (κ1) is 14.6. The predicted octanol–water partition coefficient (Wildman–Crippen LogP) is 3.01. The molecule has 0 radical (unpaired) electrons. The number of rotatable bonds is 2. The van der Waals surface area contributed by atoms with Crippen molar-refractivity contribution in [3.63, 3.8) is 0 Å². The molecule has 0 unspecified atom stereocenters. The van der Waals surface area contributed by atoms with Gasteiger partial charge in [-0.15, -0.1) is 0 Å². The maximum Gasteiger partial charge on any atom is 0.273 e. The summed E-state index contributed by atoms with van der Waals surface area (Å²) >= 11 is 5.92. The molecule has 0 atom stereocenters. The molecule has 7 nitrogen and oxygen atoms in total. The summed E-state index contributed by atoms with van der Waals surface area (Å²) in [6, 6.07) is 8.61. The van der Waals surface area contributed by atoms with E-state index in [1.54, 1.807) is 19.1 Å². The lowest BCUT2D eigenvalue weighted by atomic mass is 10.1. The summed E-state index contributed by atoms with van der Waals surface area (Å²) in [5.74, 6) is 0.837. The number of hydrogen-bond acceptors (Lipinski definition) is 5. The minimum atomic E-state index is -0.226. The van der Waals surface area contributed by atoms with Gasteiger partial charge in [0.15, 0.2) is 11.5 Å². The summed E-state index contributed by atoms with van der Waals surface area (Å²) < 4.78 is 6.61. The normalized spacial score (nSPS) is 11.3. The van der Waals surface area contributed by atoms with Gasteiger partial charge in [0.05, 0.1) is 5.69 Å². The van der Waals surface area contributed by atoms with Crippen LogP contribution >= 0.6 is 11.6 Å². The van der Waals surface area contributed by atoms with Crippen LogP contribution in [0.4, 0.5) is 0 Å². The largest absolute Gasteiger partial charge is 0.334 e.